The smallest absolute Gasteiger partial charge is 0.188 e. The molecule has 4 heteroatoms. The highest BCUT2D eigenvalue weighted by Crippen LogP contribution is 2.07. The number of likely N-dealkylation sites (N-methyl/N-ethyl adjacent to an activating group) is 1. The molecule has 1 rings (SSSR count). The van der Waals surface area contributed by atoms with Crippen LogP contribution in [0.5, 0.6) is 0 Å². The summed E-state index contributed by atoms with van der Waals surface area (Å²) in [7, 11) is 2.15. The van der Waals surface area contributed by atoms with Gasteiger partial charge in [-0.3, -0.25) is 4.99 Å². The van der Waals surface area contributed by atoms with Crippen LogP contribution in [0.15, 0.2) is 4.99 Å². The molecule has 0 aromatic carbocycles. The second-order valence-corrected chi connectivity index (χ2v) is 4.01. The molecule has 1 heterocycles. The first-order chi connectivity index (χ1) is 6.72. The minimum Gasteiger partial charge on any atom is -0.370 e. The van der Waals surface area contributed by atoms with Crippen LogP contribution in [0.3, 0.4) is 0 Å². The number of nitrogens with one attached hydrogen (secondary N) is 1. The zero-order valence-corrected chi connectivity index (χ0v) is 9.29. The van der Waals surface area contributed by atoms with E-state index >= 15 is 0 Å². The molecule has 1 fully saturated rings. The largest absolute Gasteiger partial charge is 0.370 e. The Hall–Kier alpha value is -0.770. The van der Waals surface area contributed by atoms with Crippen molar-refractivity contribution in [2.45, 2.75) is 32.2 Å². The van der Waals surface area contributed by atoms with Gasteiger partial charge in [0, 0.05) is 19.1 Å². The summed E-state index contributed by atoms with van der Waals surface area (Å²) in [4.78, 5) is 6.55. The third-order valence-electron chi connectivity index (χ3n) is 2.48. The van der Waals surface area contributed by atoms with Gasteiger partial charge in [-0.2, -0.15) is 0 Å². The maximum atomic E-state index is 5.76. The van der Waals surface area contributed by atoms with E-state index in [1.54, 1.807) is 0 Å². The van der Waals surface area contributed by atoms with Crippen LogP contribution in [0.2, 0.25) is 0 Å². The first-order valence-corrected chi connectivity index (χ1v) is 5.47. The Morgan fingerprint density at radius 1 is 1.64 bits per heavy atom. The van der Waals surface area contributed by atoms with Crippen molar-refractivity contribution >= 4 is 5.96 Å². The van der Waals surface area contributed by atoms with Crippen LogP contribution in [0.25, 0.3) is 0 Å². The predicted molar refractivity (Wildman–Crippen MR) is 60.4 cm³/mol. The zero-order chi connectivity index (χ0) is 10.4. The third-order valence-corrected chi connectivity index (χ3v) is 2.48. The lowest BCUT2D eigenvalue weighted by Crippen LogP contribution is -2.48. The van der Waals surface area contributed by atoms with Crippen molar-refractivity contribution in [2.75, 3.05) is 26.7 Å². The number of likely N-dealkylation sites (tertiary alicyclic amines) is 1. The minimum absolute atomic E-state index is 0.481. The molecule has 1 unspecified atom stereocenters. The number of hydrogen-bond donors (Lipinski definition) is 2. The second-order valence-electron chi connectivity index (χ2n) is 4.01. The second kappa shape index (κ2) is 5.86. The molecule has 82 valence electrons. The fourth-order valence-corrected chi connectivity index (χ4v) is 1.77. The van der Waals surface area contributed by atoms with Crippen molar-refractivity contribution in [1.29, 1.82) is 0 Å². The summed E-state index contributed by atoms with van der Waals surface area (Å²) in [6.07, 6.45) is 3.49. The van der Waals surface area contributed by atoms with Gasteiger partial charge < -0.3 is 16.0 Å². The number of nitrogens with zero attached hydrogens (tertiary/aromatic N) is 2. The molecule has 4 nitrogen and oxygen atoms in total. The topological polar surface area (TPSA) is 53.6 Å². The van der Waals surface area contributed by atoms with Gasteiger partial charge in [-0.15, -0.1) is 0 Å². The van der Waals surface area contributed by atoms with E-state index in [0.717, 1.165) is 19.5 Å². The Labute approximate surface area is 86.6 Å². The van der Waals surface area contributed by atoms with Gasteiger partial charge in [0.15, 0.2) is 5.96 Å². The highest BCUT2D eigenvalue weighted by molar-refractivity contribution is 5.78. The molecule has 1 saturated heterocycles. The molecule has 0 aromatic heterocycles. The van der Waals surface area contributed by atoms with E-state index in [1.165, 1.54) is 19.4 Å². The summed E-state index contributed by atoms with van der Waals surface area (Å²) in [5.41, 5.74) is 5.76. The predicted octanol–water partition coefficient (Wildman–Crippen LogP) is 0.395. The lowest BCUT2D eigenvalue weighted by Gasteiger charge is -2.30. The average Bonchev–Trinajstić information content (AvgIpc) is 2.15. The van der Waals surface area contributed by atoms with Crippen LogP contribution < -0.4 is 11.1 Å². The molecule has 1 aliphatic heterocycles. The lowest BCUT2D eigenvalue weighted by molar-refractivity contribution is 0.240. The van der Waals surface area contributed by atoms with E-state index in [0.29, 0.717) is 12.0 Å². The van der Waals surface area contributed by atoms with Gasteiger partial charge in [-0.1, -0.05) is 6.92 Å². The van der Waals surface area contributed by atoms with E-state index in [9.17, 15) is 0 Å². The Morgan fingerprint density at radius 3 is 3.07 bits per heavy atom. The molecular weight excluding hydrogens is 176 g/mol. The van der Waals surface area contributed by atoms with E-state index in [4.69, 9.17) is 5.73 Å². The van der Waals surface area contributed by atoms with Gasteiger partial charge in [-0.25, -0.2) is 0 Å². The molecule has 0 spiro atoms. The Balaban J connectivity index is 2.28. The van der Waals surface area contributed by atoms with Crippen molar-refractivity contribution in [3.63, 3.8) is 0 Å². The summed E-state index contributed by atoms with van der Waals surface area (Å²) in [6, 6.07) is 0.481. The summed E-state index contributed by atoms with van der Waals surface area (Å²) in [5.74, 6) is 0.604. The van der Waals surface area contributed by atoms with Crippen LogP contribution in [0.1, 0.15) is 26.2 Å². The Morgan fingerprint density at radius 2 is 2.43 bits per heavy atom. The summed E-state index contributed by atoms with van der Waals surface area (Å²) in [5, 5.41) is 3.27. The monoisotopic (exact) mass is 198 g/mol. The van der Waals surface area contributed by atoms with E-state index in [2.05, 4.69) is 29.2 Å². The number of hydrogen-bond acceptors (Lipinski definition) is 2. The molecule has 0 saturated carbocycles. The number of guanidine groups is 1. The van der Waals surface area contributed by atoms with Crippen LogP contribution in [-0.4, -0.2) is 43.6 Å². The average molecular weight is 198 g/mol. The zero-order valence-electron chi connectivity index (χ0n) is 9.29. The van der Waals surface area contributed by atoms with E-state index < -0.39 is 0 Å². The highest BCUT2D eigenvalue weighted by atomic mass is 15.2. The molecule has 14 heavy (non-hydrogen) atoms. The molecule has 0 aromatic rings. The lowest BCUT2D eigenvalue weighted by atomic mass is 10.1. The maximum absolute atomic E-state index is 5.76. The minimum atomic E-state index is 0.481. The van der Waals surface area contributed by atoms with Gasteiger partial charge in [0.25, 0.3) is 0 Å². The third kappa shape index (κ3) is 3.96. The normalized spacial score (nSPS) is 25.0. The Kier molecular flexibility index (Phi) is 4.73. The highest BCUT2D eigenvalue weighted by Gasteiger charge is 2.16. The summed E-state index contributed by atoms with van der Waals surface area (Å²) in [6.45, 7) is 5.19. The van der Waals surface area contributed by atoms with Gasteiger partial charge in [0.2, 0.25) is 0 Å². The van der Waals surface area contributed by atoms with Gasteiger partial charge in [0.1, 0.15) is 0 Å². The molecule has 0 radical (unpaired) electrons. The summed E-state index contributed by atoms with van der Waals surface area (Å²) < 4.78 is 0. The van der Waals surface area contributed by atoms with Crippen LogP contribution in [0, 0.1) is 0 Å². The van der Waals surface area contributed by atoms with Crippen molar-refractivity contribution in [2.24, 2.45) is 10.7 Å². The quantitative estimate of drug-likeness (QED) is 0.510. The van der Waals surface area contributed by atoms with Crippen LogP contribution in [0.4, 0.5) is 0 Å². The van der Waals surface area contributed by atoms with Crippen molar-refractivity contribution in [3.8, 4) is 0 Å². The van der Waals surface area contributed by atoms with Crippen molar-refractivity contribution in [3.05, 3.63) is 0 Å². The molecule has 3 N–H and O–H groups in total. The van der Waals surface area contributed by atoms with Gasteiger partial charge in [0.05, 0.1) is 0 Å². The van der Waals surface area contributed by atoms with Crippen molar-refractivity contribution in [1.82, 2.24) is 10.2 Å². The van der Waals surface area contributed by atoms with Crippen LogP contribution in [-0.2, 0) is 0 Å². The van der Waals surface area contributed by atoms with E-state index in [1.807, 2.05) is 0 Å². The molecule has 1 atom stereocenters. The number of nitrogens with two attached hydrogens (primary N) is 1. The van der Waals surface area contributed by atoms with Crippen LogP contribution >= 0.6 is 0 Å². The number of aliphatic imine (C=N–C) groups is 1. The molecular formula is C10H22N4. The maximum Gasteiger partial charge on any atom is 0.188 e. The van der Waals surface area contributed by atoms with Gasteiger partial charge >= 0.3 is 0 Å². The fourth-order valence-electron chi connectivity index (χ4n) is 1.77. The first-order valence-electron chi connectivity index (χ1n) is 5.47. The summed E-state index contributed by atoms with van der Waals surface area (Å²) >= 11 is 0. The fraction of sp³-hybridized carbons (Fsp3) is 0.900. The molecule has 0 amide bonds. The van der Waals surface area contributed by atoms with Crippen molar-refractivity contribution < 1.29 is 0 Å². The molecule has 0 bridgehead atoms. The molecule has 1 aliphatic rings. The number of rotatable bonds is 3. The van der Waals surface area contributed by atoms with E-state index in [-0.39, 0.29) is 0 Å². The van der Waals surface area contributed by atoms with Gasteiger partial charge in [-0.05, 0) is 32.9 Å². The SMILES string of the molecule is CCCN=C(N)NC1CCCN(C)C1. The first kappa shape index (κ1) is 11.3. The number of piperidine rings is 1. The standard InChI is InChI=1S/C10H22N4/c1-3-6-12-10(11)13-9-5-4-7-14(2)8-9/h9H,3-8H2,1-2H3,(H3,11,12,13). The molecule has 0 aliphatic carbocycles. The Bertz CT molecular complexity index is 191.